The fourth-order valence-corrected chi connectivity index (χ4v) is 0.951. The van der Waals surface area contributed by atoms with Gasteiger partial charge in [0.1, 0.15) is 12.7 Å². The summed E-state index contributed by atoms with van der Waals surface area (Å²) in [7, 11) is 1.48. The maximum atomic E-state index is 9.18. The van der Waals surface area contributed by atoms with Gasteiger partial charge in [-0.2, -0.15) is 9.71 Å². The van der Waals surface area contributed by atoms with E-state index in [9.17, 15) is 5.21 Å². The third-order valence-electron chi connectivity index (χ3n) is 1.48. The number of ether oxygens (including phenoxy) is 1. The molecule has 12 heavy (non-hydrogen) atoms. The Kier molecular flexibility index (Phi) is 1.33. The first-order valence-corrected chi connectivity index (χ1v) is 3.24. The minimum atomic E-state index is 0.335. The molecule has 0 aliphatic carbocycles. The van der Waals surface area contributed by atoms with Gasteiger partial charge < -0.3 is 9.94 Å². The number of hydrogen-bond donors (Lipinski definition) is 1. The molecule has 0 amide bonds. The fourth-order valence-electron chi connectivity index (χ4n) is 0.951. The Morgan fingerprint density at radius 1 is 1.42 bits per heavy atom. The molecule has 0 aromatic heterocycles. The zero-order valence-electron chi connectivity index (χ0n) is 6.30. The van der Waals surface area contributed by atoms with Gasteiger partial charge in [0.15, 0.2) is 5.69 Å². The molecule has 2 heterocycles. The van der Waals surface area contributed by atoms with Gasteiger partial charge >= 0.3 is 0 Å². The molecule has 62 valence electrons. The van der Waals surface area contributed by atoms with E-state index in [2.05, 4.69) is 15.0 Å². The van der Waals surface area contributed by atoms with Crippen LogP contribution in [0.1, 0.15) is 0 Å². The van der Waals surface area contributed by atoms with Crippen molar-refractivity contribution in [3.63, 3.8) is 0 Å². The molecule has 6 nitrogen and oxygen atoms in total. The van der Waals surface area contributed by atoms with Crippen molar-refractivity contribution in [2.75, 3.05) is 7.11 Å². The summed E-state index contributed by atoms with van der Waals surface area (Å²) < 4.78 is 5.70. The van der Waals surface area contributed by atoms with Crippen molar-refractivity contribution >= 4 is 0 Å². The molecule has 0 fully saturated rings. The van der Waals surface area contributed by atoms with Gasteiger partial charge in [0.2, 0.25) is 11.7 Å². The molecule has 2 aliphatic rings. The minimum absolute atomic E-state index is 0.335. The largest absolute Gasteiger partial charge is 0.479 e. The van der Waals surface area contributed by atoms with Gasteiger partial charge in [0.05, 0.1) is 7.11 Å². The molecule has 0 aromatic rings. The topological polar surface area (TPSA) is 73.1 Å². The van der Waals surface area contributed by atoms with Crippen molar-refractivity contribution < 1.29 is 9.94 Å². The first-order valence-electron chi connectivity index (χ1n) is 3.24. The second-order valence-corrected chi connectivity index (χ2v) is 2.14. The molecule has 2 rings (SSSR count). The monoisotopic (exact) mass is 166 g/mol. The Balaban J connectivity index is 2.71. The number of hydrogen-bond acceptors (Lipinski definition) is 5. The van der Waals surface area contributed by atoms with Crippen LogP contribution >= 0.6 is 0 Å². The molecular weight excluding hydrogens is 160 g/mol. The van der Waals surface area contributed by atoms with Gasteiger partial charge in [-0.15, -0.1) is 0 Å². The van der Waals surface area contributed by atoms with Crippen LogP contribution in [0.4, 0.5) is 0 Å². The van der Waals surface area contributed by atoms with Gasteiger partial charge in [0.25, 0.3) is 0 Å². The maximum absolute atomic E-state index is 9.18. The van der Waals surface area contributed by atoms with Crippen molar-refractivity contribution in [1.82, 2.24) is 19.7 Å². The summed E-state index contributed by atoms with van der Waals surface area (Å²) in [6.07, 6.45) is 2.54. The Hall–Kier alpha value is -1.85. The lowest BCUT2D eigenvalue weighted by atomic mass is 10.4. The van der Waals surface area contributed by atoms with E-state index in [1.165, 1.54) is 19.8 Å². The van der Waals surface area contributed by atoms with Crippen molar-refractivity contribution in [3.8, 4) is 17.4 Å². The average Bonchev–Trinajstić information content (AvgIpc) is 2.54. The molecule has 2 aliphatic heterocycles. The van der Waals surface area contributed by atoms with Crippen molar-refractivity contribution in [3.05, 3.63) is 12.7 Å². The predicted octanol–water partition coefficient (Wildman–Crippen LogP) is 0.0238. The van der Waals surface area contributed by atoms with Crippen LogP contribution in [0.2, 0.25) is 0 Å². The van der Waals surface area contributed by atoms with Crippen LogP contribution < -0.4 is 4.74 Å². The average molecular weight is 166 g/mol. The SMILES string of the molecule is COc1ncn(O)c2ncnc1-2. The van der Waals surface area contributed by atoms with E-state index in [1.807, 2.05) is 0 Å². The molecular formula is C6H6N4O2. The summed E-state index contributed by atoms with van der Waals surface area (Å²) in [6.45, 7) is 0. The quantitative estimate of drug-likeness (QED) is 0.605. The Bertz CT molecular complexity index is 372. The second kappa shape index (κ2) is 2.33. The van der Waals surface area contributed by atoms with Gasteiger partial charge in [-0.3, -0.25) is 0 Å². The Labute approximate surface area is 67.8 Å². The van der Waals surface area contributed by atoms with E-state index in [1.54, 1.807) is 0 Å². The second-order valence-electron chi connectivity index (χ2n) is 2.14. The van der Waals surface area contributed by atoms with Crippen LogP contribution in [0.5, 0.6) is 5.88 Å². The minimum Gasteiger partial charge on any atom is -0.479 e. The highest BCUT2D eigenvalue weighted by molar-refractivity contribution is 5.56. The van der Waals surface area contributed by atoms with Crippen LogP contribution in [0.3, 0.4) is 0 Å². The third kappa shape index (κ3) is 0.777. The highest BCUT2D eigenvalue weighted by atomic mass is 16.5. The number of aromatic nitrogens is 4. The molecule has 0 unspecified atom stereocenters. The van der Waals surface area contributed by atoms with Gasteiger partial charge in [0, 0.05) is 0 Å². The van der Waals surface area contributed by atoms with E-state index in [0.717, 1.165) is 4.73 Å². The number of nitrogens with zero attached hydrogens (tertiary/aromatic N) is 4. The summed E-state index contributed by atoms with van der Waals surface area (Å²) >= 11 is 0. The van der Waals surface area contributed by atoms with Crippen LogP contribution in [0.25, 0.3) is 11.5 Å². The smallest absolute Gasteiger partial charge is 0.245 e. The van der Waals surface area contributed by atoms with E-state index in [4.69, 9.17) is 4.74 Å². The number of rotatable bonds is 1. The standard InChI is InChI=1S/C6H6N4O2/c1-12-6-4-5(8-2-7-4)10(11)3-9-6/h2-3,11H,1H3. The van der Waals surface area contributed by atoms with Crippen molar-refractivity contribution in [2.24, 2.45) is 0 Å². The lowest BCUT2D eigenvalue weighted by Gasteiger charge is -2.05. The first-order chi connectivity index (χ1) is 5.83. The zero-order chi connectivity index (χ0) is 8.55. The summed E-state index contributed by atoms with van der Waals surface area (Å²) in [4.78, 5) is 11.5. The lowest BCUT2D eigenvalue weighted by Crippen LogP contribution is -2.03. The molecule has 0 bridgehead atoms. The highest BCUT2D eigenvalue weighted by Gasteiger charge is 2.16. The van der Waals surface area contributed by atoms with Gasteiger partial charge in [-0.05, 0) is 0 Å². The zero-order valence-corrected chi connectivity index (χ0v) is 6.30. The molecule has 0 saturated heterocycles. The predicted molar refractivity (Wildman–Crippen MR) is 38.2 cm³/mol. The molecule has 0 aromatic carbocycles. The van der Waals surface area contributed by atoms with Gasteiger partial charge in [-0.1, -0.05) is 0 Å². The Morgan fingerprint density at radius 2 is 2.25 bits per heavy atom. The number of imidazole rings is 1. The first kappa shape index (κ1) is 6.84. The third-order valence-corrected chi connectivity index (χ3v) is 1.48. The van der Waals surface area contributed by atoms with E-state index >= 15 is 0 Å². The summed E-state index contributed by atoms with van der Waals surface area (Å²) in [6, 6.07) is 0. The molecule has 1 N–H and O–H groups in total. The van der Waals surface area contributed by atoms with Crippen LogP contribution in [-0.2, 0) is 0 Å². The van der Waals surface area contributed by atoms with Crippen molar-refractivity contribution in [2.45, 2.75) is 0 Å². The lowest BCUT2D eigenvalue weighted by molar-refractivity contribution is 0.181. The summed E-state index contributed by atoms with van der Waals surface area (Å²) in [5, 5.41) is 9.18. The van der Waals surface area contributed by atoms with Gasteiger partial charge in [-0.25, -0.2) is 9.97 Å². The summed E-state index contributed by atoms with van der Waals surface area (Å²) in [5.41, 5.74) is 0.447. The number of fused-ring (bicyclic) bond motifs is 1. The molecule has 0 saturated carbocycles. The summed E-state index contributed by atoms with van der Waals surface area (Å²) in [5.74, 6) is 0.689. The van der Waals surface area contributed by atoms with Crippen LogP contribution in [0, 0.1) is 0 Å². The van der Waals surface area contributed by atoms with Crippen LogP contribution in [0.15, 0.2) is 12.7 Å². The fraction of sp³-hybridized carbons (Fsp3) is 0.167. The van der Waals surface area contributed by atoms with Crippen molar-refractivity contribution in [1.29, 1.82) is 0 Å². The van der Waals surface area contributed by atoms with Crippen LogP contribution in [-0.4, -0.2) is 32.0 Å². The maximum Gasteiger partial charge on any atom is 0.245 e. The van der Waals surface area contributed by atoms with E-state index in [-0.39, 0.29) is 0 Å². The molecule has 6 heteroatoms. The van der Waals surface area contributed by atoms with E-state index in [0.29, 0.717) is 17.4 Å². The Morgan fingerprint density at radius 3 is 3.00 bits per heavy atom. The van der Waals surface area contributed by atoms with E-state index < -0.39 is 0 Å². The number of methoxy groups -OCH3 is 1. The molecule has 0 spiro atoms. The molecule has 0 radical (unpaired) electrons. The normalized spacial score (nSPS) is 10.4. The molecule has 0 atom stereocenters. The highest BCUT2D eigenvalue weighted by Crippen LogP contribution is 2.23.